The maximum atomic E-state index is 13.0. The zero-order valence-electron chi connectivity index (χ0n) is 18.4. The summed E-state index contributed by atoms with van der Waals surface area (Å²) in [5.41, 5.74) is 3.51. The monoisotopic (exact) mass is 448 g/mol. The highest BCUT2D eigenvalue weighted by Crippen LogP contribution is 2.25. The molecule has 0 aliphatic rings. The van der Waals surface area contributed by atoms with Gasteiger partial charge in [-0.05, 0) is 69.2 Å². The van der Waals surface area contributed by atoms with Crippen molar-refractivity contribution in [1.82, 2.24) is 19.2 Å². The van der Waals surface area contributed by atoms with Crippen molar-refractivity contribution in [2.24, 2.45) is 0 Å². The first kappa shape index (κ1) is 21.8. The average Bonchev–Trinajstić information content (AvgIpc) is 3.20. The number of benzene rings is 2. The van der Waals surface area contributed by atoms with Crippen molar-refractivity contribution in [3.05, 3.63) is 81.9 Å². The lowest BCUT2D eigenvalue weighted by Crippen LogP contribution is -2.20. The molecule has 0 bridgehead atoms. The Bertz CT molecular complexity index is 1340. The van der Waals surface area contributed by atoms with Crippen LogP contribution in [0.4, 0.5) is 0 Å². The van der Waals surface area contributed by atoms with Gasteiger partial charge < -0.3 is 4.74 Å². The number of aromatic nitrogens is 4. The molecule has 4 rings (SSSR count). The van der Waals surface area contributed by atoms with Crippen LogP contribution in [0, 0.1) is 13.8 Å². The van der Waals surface area contributed by atoms with Crippen LogP contribution in [0.5, 0.6) is 5.75 Å². The van der Waals surface area contributed by atoms with Crippen molar-refractivity contribution in [1.29, 1.82) is 0 Å². The van der Waals surface area contributed by atoms with Crippen molar-refractivity contribution in [2.75, 3.05) is 6.61 Å². The van der Waals surface area contributed by atoms with Crippen LogP contribution >= 0.6 is 11.8 Å². The zero-order chi connectivity index (χ0) is 22.8. The van der Waals surface area contributed by atoms with Gasteiger partial charge in [0.25, 0.3) is 0 Å². The van der Waals surface area contributed by atoms with E-state index in [-0.39, 0.29) is 22.2 Å². The van der Waals surface area contributed by atoms with E-state index in [1.54, 1.807) is 16.8 Å². The highest BCUT2D eigenvalue weighted by atomic mass is 32.2. The molecule has 0 aliphatic heterocycles. The van der Waals surface area contributed by atoms with Crippen LogP contribution in [0.3, 0.4) is 0 Å². The van der Waals surface area contributed by atoms with Gasteiger partial charge in [0.1, 0.15) is 5.75 Å². The lowest BCUT2D eigenvalue weighted by atomic mass is 10.0. The Morgan fingerprint density at radius 3 is 2.50 bits per heavy atom. The largest absolute Gasteiger partial charge is 0.494 e. The molecule has 32 heavy (non-hydrogen) atoms. The van der Waals surface area contributed by atoms with Crippen molar-refractivity contribution in [3.63, 3.8) is 0 Å². The van der Waals surface area contributed by atoms with Crippen LogP contribution in [0.15, 0.2) is 64.8 Å². The first-order valence-corrected chi connectivity index (χ1v) is 11.2. The Hall–Kier alpha value is -3.39. The van der Waals surface area contributed by atoms with E-state index >= 15 is 0 Å². The normalized spacial score (nSPS) is 12.1. The summed E-state index contributed by atoms with van der Waals surface area (Å²) in [6.07, 6.45) is 3.41. The average molecular weight is 449 g/mol. The van der Waals surface area contributed by atoms with Crippen molar-refractivity contribution < 1.29 is 9.53 Å². The first-order chi connectivity index (χ1) is 15.4. The third-order valence-electron chi connectivity index (χ3n) is 5.31. The number of carbonyl (C=O) groups is 1. The molecule has 0 amide bonds. The second-order valence-corrected chi connectivity index (χ2v) is 8.81. The van der Waals surface area contributed by atoms with Gasteiger partial charge in [-0.3, -0.25) is 18.6 Å². The Kier molecular flexibility index (Phi) is 6.14. The molecule has 164 valence electrons. The van der Waals surface area contributed by atoms with Gasteiger partial charge in [0.2, 0.25) is 5.65 Å². The minimum absolute atomic E-state index is 0.0116. The van der Waals surface area contributed by atoms with Crippen LogP contribution in [-0.4, -0.2) is 36.8 Å². The molecule has 2 aromatic carbocycles. The number of Topliss-reactive ketones (excluding diaryl/α,β-unsaturated/α-hetero) is 1. The summed E-state index contributed by atoms with van der Waals surface area (Å²) in [5, 5.41) is 8.38. The molecule has 2 heterocycles. The smallest absolute Gasteiger partial charge is 0.300 e. The van der Waals surface area contributed by atoms with Gasteiger partial charge in [0.15, 0.2) is 10.9 Å². The number of nitrogens with zero attached hydrogens (tertiary/aromatic N) is 4. The molecule has 0 saturated heterocycles. The van der Waals surface area contributed by atoms with Crippen LogP contribution in [-0.2, 0) is 0 Å². The number of rotatable bonds is 7. The van der Waals surface area contributed by atoms with Crippen molar-refractivity contribution in [3.8, 4) is 11.4 Å². The second kappa shape index (κ2) is 9.00. The molecular formula is C24H24N4O3S. The Labute approximate surface area is 190 Å². The van der Waals surface area contributed by atoms with Gasteiger partial charge in [-0.2, -0.15) is 0 Å². The molecule has 4 aromatic rings. The van der Waals surface area contributed by atoms with E-state index in [0.29, 0.717) is 23.0 Å². The standard InChI is InChI=1S/C24H24N4O3S/c1-5-31-20-10-8-19(9-11-20)27-12-13-28-22(23(27)30)25-26-24(28)32-17(4)21(29)18-7-6-15(2)16(3)14-18/h6-14,17H,5H2,1-4H3. The second-order valence-electron chi connectivity index (χ2n) is 7.50. The van der Waals surface area contributed by atoms with Gasteiger partial charge in [0, 0.05) is 23.6 Å². The molecule has 2 aromatic heterocycles. The molecule has 0 aliphatic carbocycles. The summed E-state index contributed by atoms with van der Waals surface area (Å²) in [5.74, 6) is 0.756. The van der Waals surface area contributed by atoms with Crippen molar-refractivity contribution >= 4 is 23.2 Å². The van der Waals surface area contributed by atoms with E-state index < -0.39 is 0 Å². The minimum Gasteiger partial charge on any atom is -0.494 e. The first-order valence-electron chi connectivity index (χ1n) is 10.4. The van der Waals surface area contributed by atoms with Gasteiger partial charge >= 0.3 is 5.56 Å². The van der Waals surface area contributed by atoms with E-state index in [2.05, 4.69) is 10.2 Å². The number of fused-ring (bicyclic) bond motifs is 1. The van der Waals surface area contributed by atoms with Crippen LogP contribution in [0.25, 0.3) is 11.3 Å². The van der Waals surface area contributed by atoms with Gasteiger partial charge in [0.05, 0.1) is 11.9 Å². The summed E-state index contributed by atoms with van der Waals surface area (Å²) in [4.78, 5) is 25.9. The fourth-order valence-corrected chi connectivity index (χ4v) is 4.27. The fraction of sp³-hybridized carbons (Fsp3) is 0.250. The number of thioether (sulfide) groups is 1. The third-order valence-corrected chi connectivity index (χ3v) is 6.36. The predicted molar refractivity (Wildman–Crippen MR) is 125 cm³/mol. The molecule has 7 nitrogen and oxygen atoms in total. The Morgan fingerprint density at radius 1 is 1.06 bits per heavy atom. The van der Waals surface area contributed by atoms with E-state index in [0.717, 1.165) is 16.9 Å². The molecular weight excluding hydrogens is 424 g/mol. The number of aryl methyl sites for hydroxylation is 2. The summed E-state index contributed by atoms with van der Waals surface area (Å²) in [6, 6.07) is 13.0. The topological polar surface area (TPSA) is 78.5 Å². The fourth-order valence-electron chi connectivity index (χ4n) is 3.36. The number of hydrogen-bond donors (Lipinski definition) is 0. The minimum atomic E-state index is -0.377. The Balaban J connectivity index is 1.59. The molecule has 1 atom stereocenters. The van der Waals surface area contributed by atoms with Crippen LogP contribution in [0.2, 0.25) is 0 Å². The number of hydrogen-bond acceptors (Lipinski definition) is 6. The quantitative estimate of drug-likeness (QED) is 0.311. The lowest BCUT2D eigenvalue weighted by molar-refractivity contribution is 0.0993. The molecule has 0 saturated carbocycles. The molecule has 8 heteroatoms. The molecule has 0 radical (unpaired) electrons. The van der Waals surface area contributed by atoms with Gasteiger partial charge in [-0.25, -0.2) is 0 Å². The Morgan fingerprint density at radius 2 is 1.81 bits per heavy atom. The summed E-state index contributed by atoms with van der Waals surface area (Å²) in [7, 11) is 0. The maximum absolute atomic E-state index is 13.0. The van der Waals surface area contributed by atoms with Gasteiger partial charge in [-0.1, -0.05) is 23.9 Å². The van der Waals surface area contributed by atoms with E-state index in [9.17, 15) is 9.59 Å². The van der Waals surface area contributed by atoms with E-state index in [1.165, 1.54) is 16.3 Å². The highest BCUT2D eigenvalue weighted by Gasteiger charge is 2.21. The van der Waals surface area contributed by atoms with Crippen LogP contribution < -0.4 is 10.3 Å². The molecule has 0 spiro atoms. The summed E-state index contributed by atoms with van der Waals surface area (Å²) in [6.45, 7) is 8.35. The van der Waals surface area contributed by atoms with E-state index in [4.69, 9.17) is 4.74 Å². The van der Waals surface area contributed by atoms with Crippen LogP contribution in [0.1, 0.15) is 35.3 Å². The number of ether oxygens (including phenoxy) is 1. The molecule has 0 N–H and O–H groups in total. The van der Waals surface area contributed by atoms with Crippen molar-refractivity contribution in [2.45, 2.75) is 38.1 Å². The molecule has 1 unspecified atom stereocenters. The highest BCUT2D eigenvalue weighted by molar-refractivity contribution is 8.00. The maximum Gasteiger partial charge on any atom is 0.300 e. The summed E-state index contributed by atoms with van der Waals surface area (Å²) >= 11 is 1.29. The zero-order valence-corrected chi connectivity index (χ0v) is 19.2. The SMILES string of the molecule is CCOc1ccc(-n2ccn3c(SC(C)C(=O)c4ccc(C)c(C)c4)nnc3c2=O)cc1. The van der Waals surface area contributed by atoms with Gasteiger partial charge in [-0.15, -0.1) is 10.2 Å². The third kappa shape index (κ3) is 4.18. The number of carbonyl (C=O) groups excluding carboxylic acids is 1. The summed E-state index contributed by atoms with van der Waals surface area (Å²) < 4.78 is 8.60. The molecule has 0 fully saturated rings. The predicted octanol–water partition coefficient (Wildman–Crippen LogP) is 4.26. The number of ketones is 1. The van der Waals surface area contributed by atoms with E-state index in [1.807, 2.05) is 70.2 Å². The lowest BCUT2D eigenvalue weighted by Gasteiger charge is -2.11.